The van der Waals surface area contributed by atoms with E-state index in [2.05, 4.69) is 35.4 Å². The minimum Gasteiger partial charge on any atom is -0.472 e. The van der Waals surface area contributed by atoms with Gasteiger partial charge in [-0.3, -0.25) is 0 Å². The van der Waals surface area contributed by atoms with E-state index in [-0.39, 0.29) is 11.9 Å². The monoisotopic (exact) mass is 393 g/mol. The third-order valence-electron chi connectivity index (χ3n) is 4.37. The average Bonchev–Trinajstić information content (AvgIpc) is 3.29. The molecule has 4 rings (SSSR count). The highest BCUT2D eigenvalue weighted by Gasteiger charge is 2.18. The number of rotatable bonds is 8. The van der Waals surface area contributed by atoms with Crippen molar-refractivity contribution in [3.63, 3.8) is 0 Å². The lowest BCUT2D eigenvalue weighted by molar-refractivity contribution is 0.287. The first-order valence-electron chi connectivity index (χ1n) is 9.73. The number of nitrogens with one attached hydrogen (secondary N) is 1. The van der Waals surface area contributed by atoms with Gasteiger partial charge in [-0.25, -0.2) is 0 Å². The number of aromatic nitrogens is 5. The highest BCUT2D eigenvalue weighted by Crippen LogP contribution is 2.22. The maximum Gasteiger partial charge on any atom is 0.330 e. The summed E-state index contributed by atoms with van der Waals surface area (Å²) in [7, 11) is 0. The first-order chi connectivity index (χ1) is 14.3. The molecular weight excluding hydrogens is 370 g/mol. The lowest BCUT2D eigenvalue weighted by atomic mass is 10.2. The molecule has 0 unspecified atom stereocenters. The number of hydrogen-bond acceptors (Lipinski definition) is 9. The summed E-state index contributed by atoms with van der Waals surface area (Å²) in [6.45, 7) is 4.98. The summed E-state index contributed by atoms with van der Waals surface area (Å²) in [5, 5.41) is 11.2. The largest absolute Gasteiger partial charge is 0.472 e. The van der Waals surface area contributed by atoms with E-state index in [0.717, 1.165) is 31.5 Å². The quantitative estimate of drug-likeness (QED) is 0.619. The van der Waals surface area contributed by atoms with Crippen molar-refractivity contribution >= 4 is 11.9 Å². The molecule has 1 N–H and O–H groups in total. The van der Waals surface area contributed by atoms with Crippen LogP contribution >= 0.6 is 0 Å². The predicted octanol–water partition coefficient (Wildman–Crippen LogP) is 3.06. The molecule has 29 heavy (non-hydrogen) atoms. The molecule has 9 nitrogen and oxygen atoms in total. The number of benzene rings is 1. The van der Waals surface area contributed by atoms with Crippen molar-refractivity contribution in [1.82, 2.24) is 25.1 Å². The van der Waals surface area contributed by atoms with Crippen LogP contribution in [-0.2, 0) is 6.61 Å². The first-order valence-corrected chi connectivity index (χ1v) is 9.73. The molecule has 0 spiro atoms. The van der Waals surface area contributed by atoms with Crippen LogP contribution in [0, 0.1) is 0 Å². The van der Waals surface area contributed by atoms with E-state index in [1.54, 1.807) is 12.1 Å². The molecule has 0 aliphatic carbocycles. The summed E-state index contributed by atoms with van der Waals surface area (Å²) in [4.78, 5) is 15.3. The van der Waals surface area contributed by atoms with Gasteiger partial charge in [-0.2, -0.15) is 15.0 Å². The molecule has 3 heterocycles. The molecular formula is C20H23N7O2. The standard InChI is InChI=1S/C20H23N7O2/c1-2-21-18-22-19(27-12-6-7-13-27)24-20(23-18)29-17-11-10-16(25-26-17)28-14-15-8-4-3-5-9-15/h3-5,8-11H,2,6-7,12-14H2,1H3,(H,21,22,23,24). The van der Waals surface area contributed by atoms with Gasteiger partial charge in [-0.1, -0.05) is 30.3 Å². The van der Waals surface area contributed by atoms with Crippen LogP contribution in [0.15, 0.2) is 42.5 Å². The van der Waals surface area contributed by atoms with Crippen LogP contribution in [0.4, 0.5) is 11.9 Å². The first kappa shape index (κ1) is 18.9. The van der Waals surface area contributed by atoms with Gasteiger partial charge in [0.2, 0.25) is 23.7 Å². The van der Waals surface area contributed by atoms with Gasteiger partial charge in [0.15, 0.2) is 0 Å². The smallest absolute Gasteiger partial charge is 0.330 e. The molecule has 3 aromatic rings. The van der Waals surface area contributed by atoms with Crippen LogP contribution in [0.5, 0.6) is 17.8 Å². The molecule has 0 atom stereocenters. The average molecular weight is 393 g/mol. The second kappa shape index (κ2) is 9.13. The summed E-state index contributed by atoms with van der Waals surface area (Å²) in [6.07, 6.45) is 2.27. The highest BCUT2D eigenvalue weighted by molar-refractivity contribution is 5.39. The fourth-order valence-electron chi connectivity index (χ4n) is 2.95. The number of hydrogen-bond donors (Lipinski definition) is 1. The Morgan fingerprint density at radius 3 is 2.41 bits per heavy atom. The van der Waals surface area contributed by atoms with E-state index in [1.807, 2.05) is 37.3 Å². The van der Waals surface area contributed by atoms with Crippen molar-refractivity contribution in [2.45, 2.75) is 26.4 Å². The molecule has 0 radical (unpaired) electrons. The third-order valence-corrected chi connectivity index (χ3v) is 4.37. The molecule has 1 aliphatic heterocycles. The number of anilines is 2. The minimum atomic E-state index is 0.185. The van der Waals surface area contributed by atoms with Gasteiger partial charge in [0.05, 0.1) is 0 Å². The fourth-order valence-corrected chi connectivity index (χ4v) is 2.95. The van der Waals surface area contributed by atoms with E-state index >= 15 is 0 Å². The van der Waals surface area contributed by atoms with Crippen molar-refractivity contribution in [2.75, 3.05) is 29.9 Å². The SMILES string of the molecule is CCNc1nc(Oc2ccc(OCc3ccccc3)nn2)nc(N2CCCC2)n1. The van der Waals surface area contributed by atoms with E-state index in [9.17, 15) is 0 Å². The molecule has 0 amide bonds. The molecule has 150 valence electrons. The Bertz CT molecular complexity index is 916. The topological polar surface area (TPSA) is 98.2 Å². The summed E-state index contributed by atoms with van der Waals surface area (Å²) in [6, 6.07) is 13.5. The van der Waals surface area contributed by atoms with Gasteiger partial charge >= 0.3 is 6.01 Å². The van der Waals surface area contributed by atoms with Crippen LogP contribution in [0.2, 0.25) is 0 Å². The molecule has 2 aromatic heterocycles. The third kappa shape index (κ3) is 5.07. The molecule has 1 aliphatic rings. The van der Waals surface area contributed by atoms with Crippen molar-refractivity contribution in [2.24, 2.45) is 0 Å². The van der Waals surface area contributed by atoms with Crippen molar-refractivity contribution in [3.05, 3.63) is 48.0 Å². The second-order valence-corrected chi connectivity index (χ2v) is 6.55. The molecule has 0 bridgehead atoms. The van der Waals surface area contributed by atoms with E-state index in [1.165, 1.54) is 0 Å². The maximum atomic E-state index is 5.73. The lowest BCUT2D eigenvalue weighted by Crippen LogP contribution is -2.21. The molecule has 0 saturated carbocycles. The van der Waals surface area contributed by atoms with E-state index in [4.69, 9.17) is 9.47 Å². The molecule has 1 saturated heterocycles. The molecule has 1 fully saturated rings. The Morgan fingerprint density at radius 2 is 1.69 bits per heavy atom. The van der Waals surface area contributed by atoms with Gasteiger partial charge in [0.25, 0.3) is 0 Å². The Labute approximate surface area is 169 Å². The minimum absolute atomic E-state index is 0.185. The van der Waals surface area contributed by atoms with E-state index < -0.39 is 0 Å². The Hall–Kier alpha value is -3.49. The zero-order valence-electron chi connectivity index (χ0n) is 16.3. The van der Waals surface area contributed by atoms with Gasteiger partial charge in [-0.15, -0.1) is 10.2 Å². The highest BCUT2D eigenvalue weighted by atomic mass is 16.5. The number of nitrogens with zero attached hydrogens (tertiary/aromatic N) is 6. The van der Waals surface area contributed by atoms with Crippen LogP contribution in [0.1, 0.15) is 25.3 Å². The van der Waals surface area contributed by atoms with Gasteiger partial charge < -0.3 is 19.7 Å². The Balaban J connectivity index is 1.43. The zero-order chi connectivity index (χ0) is 19.9. The summed E-state index contributed by atoms with van der Waals surface area (Å²) >= 11 is 0. The molecule has 1 aromatic carbocycles. The Morgan fingerprint density at radius 1 is 0.931 bits per heavy atom. The van der Waals surface area contributed by atoms with Crippen LogP contribution in [0.3, 0.4) is 0 Å². The predicted molar refractivity (Wildman–Crippen MR) is 108 cm³/mol. The normalized spacial score (nSPS) is 13.3. The maximum absolute atomic E-state index is 5.73. The fraction of sp³-hybridized carbons (Fsp3) is 0.350. The van der Waals surface area contributed by atoms with Crippen LogP contribution in [-0.4, -0.2) is 44.8 Å². The second-order valence-electron chi connectivity index (χ2n) is 6.55. The van der Waals surface area contributed by atoms with E-state index in [0.29, 0.717) is 30.9 Å². The zero-order valence-corrected chi connectivity index (χ0v) is 16.3. The summed E-state index contributed by atoms with van der Waals surface area (Å²) in [5.74, 6) is 1.80. The summed E-state index contributed by atoms with van der Waals surface area (Å²) < 4.78 is 11.4. The van der Waals surface area contributed by atoms with Gasteiger partial charge in [0.1, 0.15) is 6.61 Å². The van der Waals surface area contributed by atoms with Crippen molar-refractivity contribution in [1.29, 1.82) is 0 Å². The summed E-state index contributed by atoms with van der Waals surface area (Å²) in [5.41, 5.74) is 1.06. The Kier molecular flexibility index (Phi) is 5.94. The van der Waals surface area contributed by atoms with Crippen LogP contribution < -0.4 is 19.7 Å². The lowest BCUT2D eigenvalue weighted by Gasteiger charge is -2.16. The number of ether oxygens (including phenoxy) is 2. The molecule has 9 heteroatoms. The van der Waals surface area contributed by atoms with Gasteiger partial charge in [-0.05, 0) is 25.3 Å². The van der Waals surface area contributed by atoms with Gasteiger partial charge in [0, 0.05) is 31.8 Å². The van der Waals surface area contributed by atoms with Crippen molar-refractivity contribution in [3.8, 4) is 17.8 Å². The van der Waals surface area contributed by atoms with Crippen LogP contribution in [0.25, 0.3) is 0 Å². The van der Waals surface area contributed by atoms with Crippen molar-refractivity contribution < 1.29 is 9.47 Å².